The number of aryl methyl sites for hydroxylation is 1. The molecule has 2 rings (SSSR count). The molecule has 0 amide bonds. The fourth-order valence-electron chi connectivity index (χ4n) is 2.67. The van der Waals surface area contributed by atoms with Crippen molar-refractivity contribution in [1.29, 1.82) is 0 Å². The third-order valence-corrected chi connectivity index (χ3v) is 4.65. The van der Waals surface area contributed by atoms with Crippen LogP contribution in [0.1, 0.15) is 38.8 Å². The molecule has 4 heteroatoms. The summed E-state index contributed by atoms with van der Waals surface area (Å²) in [4.78, 5) is 4.33. The number of hydrogen-bond donors (Lipinski definition) is 2. The lowest BCUT2D eigenvalue weighted by Crippen LogP contribution is -2.52. The number of nitrogens with zero attached hydrogens (tertiary/aromatic N) is 1. The van der Waals surface area contributed by atoms with Gasteiger partial charge in [0, 0.05) is 31.0 Å². The molecular formula is C19H31N3O. The van der Waals surface area contributed by atoms with Gasteiger partial charge in [0.1, 0.15) is 0 Å². The average molecular weight is 317 g/mol. The van der Waals surface area contributed by atoms with Crippen LogP contribution < -0.4 is 10.6 Å². The van der Waals surface area contributed by atoms with E-state index in [1.165, 1.54) is 11.1 Å². The van der Waals surface area contributed by atoms with Gasteiger partial charge in [-0.05, 0) is 17.5 Å². The largest absolute Gasteiger partial charge is 0.380 e. The zero-order chi connectivity index (χ0) is 16.9. The van der Waals surface area contributed by atoms with Gasteiger partial charge < -0.3 is 15.4 Å². The number of ether oxygens (including phenoxy) is 1. The first-order valence-electron chi connectivity index (χ1n) is 8.50. The van der Waals surface area contributed by atoms with Crippen LogP contribution in [0.2, 0.25) is 0 Å². The van der Waals surface area contributed by atoms with Crippen molar-refractivity contribution in [2.75, 3.05) is 33.4 Å². The summed E-state index contributed by atoms with van der Waals surface area (Å²) < 4.78 is 5.29. The van der Waals surface area contributed by atoms with Crippen molar-refractivity contribution in [2.24, 2.45) is 10.4 Å². The van der Waals surface area contributed by atoms with E-state index in [1.807, 2.05) is 7.05 Å². The van der Waals surface area contributed by atoms with Crippen LogP contribution in [0, 0.1) is 5.41 Å². The minimum absolute atomic E-state index is 0.0490. The van der Waals surface area contributed by atoms with Crippen LogP contribution in [0.15, 0.2) is 29.3 Å². The second-order valence-corrected chi connectivity index (χ2v) is 7.52. The molecule has 1 aromatic rings. The predicted molar refractivity (Wildman–Crippen MR) is 97.1 cm³/mol. The van der Waals surface area contributed by atoms with Crippen molar-refractivity contribution in [3.63, 3.8) is 0 Å². The minimum atomic E-state index is 0.0490. The van der Waals surface area contributed by atoms with E-state index in [0.29, 0.717) is 0 Å². The number of rotatable bonds is 6. The van der Waals surface area contributed by atoms with E-state index >= 15 is 0 Å². The van der Waals surface area contributed by atoms with Crippen molar-refractivity contribution in [1.82, 2.24) is 10.6 Å². The first-order chi connectivity index (χ1) is 10.9. The van der Waals surface area contributed by atoms with Gasteiger partial charge in [-0.1, -0.05) is 52.0 Å². The Hall–Kier alpha value is -1.55. The van der Waals surface area contributed by atoms with Crippen molar-refractivity contribution in [3.05, 3.63) is 35.4 Å². The second-order valence-electron chi connectivity index (χ2n) is 7.52. The molecule has 0 unspecified atom stereocenters. The zero-order valence-electron chi connectivity index (χ0n) is 15.2. The minimum Gasteiger partial charge on any atom is -0.380 e. The van der Waals surface area contributed by atoms with Crippen molar-refractivity contribution in [3.8, 4) is 0 Å². The molecule has 1 fully saturated rings. The molecular weight excluding hydrogens is 286 g/mol. The lowest BCUT2D eigenvalue weighted by Gasteiger charge is -2.38. The van der Waals surface area contributed by atoms with Crippen molar-refractivity contribution >= 4 is 5.96 Å². The molecule has 1 aromatic carbocycles. The molecule has 1 heterocycles. The zero-order valence-corrected chi connectivity index (χ0v) is 15.2. The molecule has 0 aromatic heterocycles. The van der Waals surface area contributed by atoms with Crippen LogP contribution in [0.3, 0.4) is 0 Å². The summed E-state index contributed by atoms with van der Waals surface area (Å²) in [5.74, 6) is 0.858. The van der Waals surface area contributed by atoms with Gasteiger partial charge in [-0.25, -0.2) is 0 Å². The van der Waals surface area contributed by atoms with E-state index in [0.717, 1.165) is 38.7 Å². The summed E-state index contributed by atoms with van der Waals surface area (Å²) in [5.41, 5.74) is 3.01. The number of hydrogen-bond acceptors (Lipinski definition) is 2. The highest BCUT2D eigenvalue weighted by atomic mass is 16.5. The van der Waals surface area contributed by atoms with Gasteiger partial charge in [0.25, 0.3) is 0 Å². The van der Waals surface area contributed by atoms with E-state index in [1.54, 1.807) is 0 Å². The molecule has 1 saturated heterocycles. The summed E-state index contributed by atoms with van der Waals surface area (Å²) >= 11 is 0. The highest BCUT2D eigenvalue weighted by Crippen LogP contribution is 2.25. The Morgan fingerprint density at radius 3 is 2.35 bits per heavy atom. The molecule has 0 bridgehead atoms. The van der Waals surface area contributed by atoms with Gasteiger partial charge in [-0.15, -0.1) is 0 Å². The summed E-state index contributed by atoms with van der Waals surface area (Å²) in [7, 11) is 1.82. The van der Waals surface area contributed by atoms with Gasteiger partial charge >= 0.3 is 0 Å². The summed E-state index contributed by atoms with van der Waals surface area (Å²) in [6.07, 6.45) is 1.08. The fourth-order valence-corrected chi connectivity index (χ4v) is 2.67. The number of nitrogens with one attached hydrogen (secondary N) is 2. The van der Waals surface area contributed by atoms with Crippen LogP contribution in [-0.2, 0) is 16.6 Å². The first kappa shape index (κ1) is 17.8. The molecule has 0 aliphatic carbocycles. The van der Waals surface area contributed by atoms with Gasteiger partial charge in [0.15, 0.2) is 5.96 Å². The highest BCUT2D eigenvalue weighted by molar-refractivity contribution is 5.79. The standard InChI is InChI=1S/C19H31N3O/c1-6-15-7-9-16(10-8-15)18(2,3)11-21-17(20-5)22-12-19(4)13-23-14-19/h7-10H,6,11-14H2,1-5H3,(H2,20,21,22). The Bertz CT molecular complexity index is 530. The smallest absolute Gasteiger partial charge is 0.191 e. The summed E-state index contributed by atoms with van der Waals surface area (Å²) in [5, 5.41) is 6.87. The maximum atomic E-state index is 5.29. The fraction of sp³-hybridized carbons (Fsp3) is 0.632. The molecule has 0 saturated carbocycles. The highest BCUT2D eigenvalue weighted by Gasteiger charge is 2.33. The Kier molecular flexibility index (Phi) is 5.69. The maximum absolute atomic E-state index is 5.29. The SMILES string of the molecule is CCc1ccc(C(C)(C)CNC(=NC)NCC2(C)COC2)cc1. The van der Waals surface area contributed by atoms with Crippen LogP contribution in [-0.4, -0.2) is 39.3 Å². The summed E-state index contributed by atoms with van der Waals surface area (Å²) in [6, 6.07) is 8.93. The summed E-state index contributed by atoms with van der Waals surface area (Å²) in [6.45, 7) is 12.3. The van der Waals surface area contributed by atoms with Gasteiger partial charge in [0.2, 0.25) is 0 Å². The van der Waals surface area contributed by atoms with E-state index < -0.39 is 0 Å². The number of guanidine groups is 1. The third-order valence-electron chi connectivity index (χ3n) is 4.65. The molecule has 4 nitrogen and oxygen atoms in total. The normalized spacial score (nSPS) is 17.5. The van der Waals surface area contributed by atoms with Crippen LogP contribution in [0.25, 0.3) is 0 Å². The van der Waals surface area contributed by atoms with E-state index in [2.05, 4.69) is 67.6 Å². The Morgan fingerprint density at radius 2 is 1.87 bits per heavy atom. The molecule has 0 atom stereocenters. The molecule has 23 heavy (non-hydrogen) atoms. The number of aliphatic imine (C=N–C) groups is 1. The Morgan fingerprint density at radius 1 is 1.22 bits per heavy atom. The van der Waals surface area contributed by atoms with E-state index in [-0.39, 0.29) is 10.8 Å². The lowest BCUT2D eigenvalue weighted by atomic mass is 9.84. The average Bonchev–Trinajstić information content (AvgIpc) is 2.53. The van der Waals surface area contributed by atoms with Crippen molar-refractivity contribution < 1.29 is 4.74 Å². The van der Waals surface area contributed by atoms with Gasteiger partial charge in [-0.2, -0.15) is 0 Å². The quantitative estimate of drug-likeness (QED) is 0.626. The molecule has 2 N–H and O–H groups in total. The molecule has 1 aliphatic rings. The molecule has 1 aliphatic heterocycles. The third kappa shape index (κ3) is 4.71. The maximum Gasteiger partial charge on any atom is 0.191 e. The van der Waals surface area contributed by atoms with Crippen LogP contribution in [0.5, 0.6) is 0 Å². The first-order valence-corrected chi connectivity index (χ1v) is 8.50. The van der Waals surface area contributed by atoms with Crippen LogP contribution >= 0.6 is 0 Å². The predicted octanol–water partition coefficient (Wildman–Crippen LogP) is 2.73. The molecule has 0 spiro atoms. The van der Waals surface area contributed by atoms with E-state index in [4.69, 9.17) is 4.74 Å². The van der Waals surface area contributed by atoms with E-state index in [9.17, 15) is 0 Å². The number of benzene rings is 1. The molecule has 128 valence electrons. The van der Waals surface area contributed by atoms with Gasteiger partial charge in [-0.3, -0.25) is 4.99 Å². The topological polar surface area (TPSA) is 45.7 Å². The Labute approximate surface area is 140 Å². The monoisotopic (exact) mass is 317 g/mol. The van der Waals surface area contributed by atoms with Crippen LogP contribution in [0.4, 0.5) is 0 Å². The lowest BCUT2D eigenvalue weighted by molar-refractivity contribution is -0.0971. The van der Waals surface area contributed by atoms with Crippen molar-refractivity contribution in [2.45, 2.75) is 39.5 Å². The second kappa shape index (κ2) is 7.35. The van der Waals surface area contributed by atoms with Gasteiger partial charge in [0.05, 0.1) is 13.2 Å². The molecule has 0 radical (unpaired) electrons. The Balaban J connectivity index is 1.88.